The summed E-state index contributed by atoms with van der Waals surface area (Å²) < 4.78 is 23.8. The van der Waals surface area contributed by atoms with Crippen LogP contribution in [0.2, 0.25) is 0 Å². The van der Waals surface area contributed by atoms with E-state index in [1.165, 1.54) is 0 Å². The number of aromatic nitrogens is 3. The van der Waals surface area contributed by atoms with Crippen molar-refractivity contribution in [2.24, 2.45) is 0 Å². The SMILES string of the molecule is CCOC(=O)C(Cc1ccc2c(nnn2CCCCOCc2ccc(OC)cc2)c1C)c1cc(CO)cc(OC)c1. The van der Waals surface area contributed by atoms with Crippen LogP contribution in [0.4, 0.5) is 0 Å². The molecule has 0 aliphatic heterocycles. The Bertz CT molecular complexity index is 1410. The van der Waals surface area contributed by atoms with Crippen LogP contribution in [-0.2, 0) is 40.4 Å². The van der Waals surface area contributed by atoms with Crippen LogP contribution in [0.15, 0.2) is 54.6 Å². The minimum Gasteiger partial charge on any atom is -0.497 e. The summed E-state index contributed by atoms with van der Waals surface area (Å²) in [7, 11) is 3.22. The van der Waals surface area contributed by atoms with Gasteiger partial charge in [-0.2, -0.15) is 0 Å². The summed E-state index contributed by atoms with van der Waals surface area (Å²) in [5.41, 5.74) is 6.28. The van der Waals surface area contributed by atoms with Crippen molar-refractivity contribution in [2.75, 3.05) is 27.4 Å². The lowest BCUT2D eigenvalue weighted by Crippen LogP contribution is -2.19. The number of fused-ring (bicyclic) bond motifs is 1. The molecule has 9 nitrogen and oxygen atoms in total. The molecule has 1 N–H and O–H groups in total. The molecule has 1 unspecified atom stereocenters. The molecule has 218 valence electrons. The lowest BCUT2D eigenvalue weighted by Gasteiger charge is -2.19. The predicted molar refractivity (Wildman–Crippen MR) is 156 cm³/mol. The maximum Gasteiger partial charge on any atom is 0.313 e. The van der Waals surface area contributed by atoms with Gasteiger partial charge in [-0.1, -0.05) is 29.5 Å². The summed E-state index contributed by atoms with van der Waals surface area (Å²) >= 11 is 0. The number of aliphatic hydroxyl groups is 1. The molecule has 0 fully saturated rings. The highest BCUT2D eigenvalue weighted by Crippen LogP contribution is 2.30. The quantitative estimate of drug-likeness (QED) is 0.157. The first-order valence-corrected chi connectivity index (χ1v) is 13.9. The van der Waals surface area contributed by atoms with Crippen molar-refractivity contribution >= 4 is 17.0 Å². The van der Waals surface area contributed by atoms with Crippen molar-refractivity contribution in [3.63, 3.8) is 0 Å². The summed E-state index contributed by atoms with van der Waals surface area (Å²) in [5, 5.41) is 18.6. The van der Waals surface area contributed by atoms with Crippen LogP contribution in [0.5, 0.6) is 11.5 Å². The van der Waals surface area contributed by atoms with Crippen LogP contribution in [0.25, 0.3) is 11.0 Å². The number of aliphatic hydroxyl groups excluding tert-OH is 1. The zero-order chi connectivity index (χ0) is 29.2. The molecule has 9 heteroatoms. The molecule has 0 radical (unpaired) electrons. The molecule has 4 rings (SSSR count). The standard InChI is InChI=1S/C32H39N3O6/c1-5-41-32(37)29(26-16-24(20-36)17-28(18-26)39-4)19-25-10-13-30-31(22(25)2)33-34-35(30)14-6-7-15-40-21-23-8-11-27(38-3)12-9-23/h8-13,16-18,29,36H,5-7,14-15,19-21H2,1-4H3. The maximum absolute atomic E-state index is 13.1. The van der Waals surface area contributed by atoms with Crippen LogP contribution in [-0.4, -0.2) is 53.5 Å². The van der Waals surface area contributed by atoms with Gasteiger partial charge in [-0.15, -0.1) is 5.10 Å². The van der Waals surface area contributed by atoms with Gasteiger partial charge in [0.05, 0.1) is 45.5 Å². The van der Waals surface area contributed by atoms with Gasteiger partial charge in [-0.25, -0.2) is 4.68 Å². The molecule has 3 aromatic carbocycles. The number of hydrogen-bond acceptors (Lipinski definition) is 8. The molecule has 0 saturated carbocycles. The van der Waals surface area contributed by atoms with Crippen molar-refractivity contribution in [3.8, 4) is 11.5 Å². The van der Waals surface area contributed by atoms with E-state index < -0.39 is 5.92 Å². The smallest absolute Gasteiger partial charge is 0.313 e. The Morgan fingerprint density at radius 1 is 0.976 bits per heavy atom. The molecule has 0 amide bonds. The normalized spacial score (nSPS) is 11.9. The lowest BCUT2D eigenvalue weighted by molar-refractivity contribution is -0.144. The number of carbonyl (C=O) groups is 1. The Labute approximate surface area is 241 Å². The van der Waals surface area contributed by atoms with E-state index in [1.54, 1.807) is 27.2 Å². The van der Waals surface area contributed by atoms with E-state index in [0.29, 0.717) is 30.9 Å². The molecule has 0 spiro atoms. The first-order chi connectivity index (χ1) is 20.0. The number of esters is 1. The number of methoxy groups -OCH3 is 2. The largest absolute Gasteiger partial charge is 0.497 e. The van der Waals surface area contributed by atoms with Gasteiger partial charge >= 0.3 is 5.97 Å². The number of benzene rings is 3. The van der Waals surface area contributed by atoms with Crippen LogP contribution in [0.3, 0.4) is 0 Å². The summed E-state index contributed by atoms with van der Waals surface area (Å²) in [6.07, 6.45) is 2.25. The van der Waals surface area contributed by atoms with Crippen LogP contribution in [0, 0.1) is 6.92 Å². The molecule has 1 heterocycles. The van der Waals surface area contributed by atoms with Crippen LogP contribution < -0.4 is 9.47 Å². The fourth-order valence-electron chi connectivity index (χ4n) is 4.87. The molecular formula is C32H39N3O6. The van der Waals surface area contributed by atoms with E-state index in [0.717, 1.165) is 58.4 Å². The summed E-state index contributed by atoms with van der Waals surface area (Å²) in [6.45, 7) is 5.91. The van der Waals surface area contributed by atoms with E-state index in [2.05, 4.69) is 10.3 Å². The highest BCUT2D eigenvalue weighted by Gasteiger charge is 2.25. The minimum atomic E-state index is -0.556. The van der Waals surface area contributed by atoms with Crippen LogP contribution in [0.1, 0.15) is 53.5 Å². The van der Waals surface area contributed by atoms with Crippen molar-refractivity contribution in [2.45, 2.75) is 58.8 Å². The van der Waals surface area contributed by atoms with Gasteiger partial charge in [-0.05, 0) is 91.3 Å². The molecule has 0 aliphatic rings. The summed E-state index contributed by atoms with van der Waals surface area (Å²) in [4.78, 5) is 13.1. The van der Waals surface area contributed by atoms with E-state index in [1.807, 2.05) is 60.1 Å². The van der Waals surface area contributed by atoms with Gasteiger partial charge in [0.15, 0.2) is 0 Å². The van der Waals surface area contributed by atoms with Gasteiger partial charge in [0.2, 0.25) is 0 Å². The Hall–Kier alpha value is -3.95. The Morgan fingerprint density at radius 2 is 1.76 bits per heavy atom. The Morgan fingerprint density at radius 3 is 2.46 bits per heavy atom. The third-order valence-corrected chi connectivity index (χ3v) is 7.19. The second-order valence-corrected chi connectivity index (χ2v) is 9.92. The van der Waals surface area contributed by atoms with Gasteiger partial charge < -0.3 is 24.1 Å². The number of carbonyl (C=O) groups excluding carboxylic acids is 1. The highest BCUT2D eigenvalue weighted by atomic mass is 16.5. The number of rotatable bonds is 15. The predicted octanol–water partition coefficient (Wildman–Crippen LogP) is 5.14. The monoisotopic (exact) mass is 561 g/mol. The number of unbranched alkanes of at least 4 members (excludes halogenated alkanes) is 1. The summed E-state index contributed by atoms with van der Waals surface area (Å²) in [6, 6.07) is 17.4. The number of ether oxygens (including phenoxy) is 4. The van der Waals surface area contributed by atoms with Crippen LogP contribution >= 0.6 is 0 Å². The van der Waals surface area contributed by atoms with E-state index in [4.69, 9.17) is 18.9 Å². The fraction of sp³-hybridized carbons (Fsp3) is 0.406. The van der Waals surface area contributed by atoms with Gasteiger partial charge in [0.1, 0.15) is 17.0 Å². The molecule has 4 aromatic rings. The van der Waals surface area contributed by atoms with E-state index >= 15 is 0 Å². The first kappa shape index (κ1) is 30.0. The van der Waals surface area contributed by atoms with Gasteiger partial charge in [0, 0.05) is 13.2 Å². The second kappa shape index (κ2) is 14.6. The minimum absolute atomic E-state index is 0.150. The van der Waals surface area contributed by atoms with Crippen molar-refractivity contribution in [1.82, 2.24) is 15.0 Å². The molecule has 0 aliphatic carbocycles. The molecular weight excluding hydrogens is 522 g/mol. The molecule has 1 aromatic heterocycles. The van der Waals surface area contributed by atoms with Crippen molar-refractivity contribution < 1.29 is 28.8 Å². The molecule has 41 heavy (non-hydrogen) atoms. The summed E-state index contributed by atoms with van der Waals surface area (Å²) in [5.74, 6) is 0.548. The van der Waals surface area contributed by atoms with Gasteiger partial charge in [-0.3, -0.25) is 4.79 Å². The highest BCUT2D eigenvalue weighted by molar-refractivity contribution is 5.81. The Kier molecular flexibility index (Phi) is 10.7. The van der Waals surface area contributed by atoms with Gasteiger partial charge in [0.25, 0.3) is 0 Å². The molecule has 0 saturated heterocycles. The first-order valence-electron chi connectivity index (χ1n) is 13.9. The number of aryl methyl sites for hydroxylation is 2. The topological polar surface area (TPSA) is 105 Å². The third kappa shape index (κ3) is 7.62. The Balaban J connectivity index is 1.40. The van der Waals surface area contributed by atoms with E-state index in [9.17, 15) is 9.90 Å². The fourth-order valence-corrected chi connectivity index (χ4v) is 4.87. The van der Waals surface area contributed by atoms with Crippen molar-refractivity contribution in [3.05, 3.63) is 82.4 Å². The third-order valence-electron chi connectivity index (χ3n) is 7.19. The van der Waals surface area contributed by atoms with Crippen molar-refractivity contribution in [1.29, 1.82) is 0 Å². The molecule has 0 bridgehead atoms. The van der Waals surface area contributed by atoms with E-state index in [-0.39, 0.29) is 19.2 Å². The average molecular weight is 562 g/mol. The number of nitrogens with zero attached hydrogens (tertiary/aromatic N) is 3. The zero-order valence-electron chi connectivity index (χ0n) is 24.3. The average Bonchev–Trinajstić information content (AvgIpc) is 3.42. The molecule has 1 atom stereocenters. The zero-order valence-corrected chi connectivity index (χ0v) is 24.3. The second-order valence-electron chi connectivity index (χ2n) is 9.92. The maximum atomic E-state index is 13.1. The lowest BCUT2D eigenvalue weighted by atomic mass is 9.89. The number of hydrogen-bond donors (Lipinski definition) is 1.